The van der Waals surface area contributed by atoms with Crippen LogP contribution in [0.2, 0.25) is 20.1 Å². The molecule has 5 amide bonds. The normalized spacial score (nSPS) is 15.2. The Morgan fingerprint density at radius 2 is 0.714 bits per heavy atom. The number of aromatic nitrogens is 2. The van der Waals surface area contributed by atoms with Crippen molar-refractivity contribution in [3.05, 3.63) is 277 Å². The average molecular weight is 2100 g/mol. The van der Waals surface area contributed by atoms with Crippen LogP contribution in [-0.4, -0.2) is 286 Å². The largest absolute Gasteiger partial charge is 0.494 e. The summed E-state index contributed by atoms with van der Waals surface area (Å²) in [4.78, 5) is 97.0. The van der Waals surface area contributed by atoms with Crippen molar-refractivity contribution < 1.29 is 62.1 Å². The monoisotopic (exact) mass is 2090 g/mol. The number of nitrogen functional groups attached to an aromatic ring is 2. The van der Waals surface area contributed by atoms with Crippen molar-refractivity contribution >= 4 is 157 Å². The molecule has 15 rings (SSSR count). The molecule has 5 aliphatic rings. The third kappa shape index (κ3) is 36.0. The van der Waals surface area contributed by atoms with Gasteiger partial charge in [-0.1, -0.05) is 143 Å². The van der Waals surface area contributed by atoms with Crippen LogP contribution < -0.4 is 46.9 Å². The van der Waals surface area contributed by atoms with E-state index in [9.17, 15) is 28.8 Å². The summed E-state index contributed by atoms with van der Waals surface area (Å²) in [6, 6.07) is 60.0. The van der Waals surface area contributed by atoms with E-state index in [4.69, 9.17) is 120 Å². The van der Waals surface area contributed by atoms with Gasteiger partial charge in [0.25, 0.3) is 23.6 Å². The van der Waals surface area contributed by atoms with Crippen molar-refractivity contribution in [2.45, 2.75) is 65.6 Å². The Morgan fingerprint density at radius 1 is 0.421 bits per heavy atom. The van der Waals surface area contributed by atoms with Crippen LogP contribution >= 0.6 is 85.5 Å². The number of hydrogen-bond acceptors (Lipinski definition) is 21. The highest BCUT2D eigenvalue weighted by Crippen LogP contribution is 2.38. The lowest BCUT2D eigenvalue weighted by atomic mass is 9.79. The minimum Gasteiger partial charge on any atom is -0.492 e. The van der Waals surface area contributed by atoms with Crippen molar-refractivity contribution in [3.63, 3.8) is 0 Å². The van der Waals surface area contributed by atoms with E-state index in [1.54, 1.807) is 42.6 Å². The van der Waals surface area contributed by atoms with Crippen LogP contribution in [0.1, 0.15) is 107 Å². The summed E-state index contributed by atoms with van der Waals surface area (Å²) in [6.45, 7) is 28.6. The summed E-state index contributed by atoms with van der Waals surface area (Å²) >= 11 is 37.8. The van der Waals surface area contributed by atoms with Gasteiger partial charge in [-0.05, 0) is 258 Å². The number of halogens is 7. The number of benzene rings is 8. The lowest BCUT2D eigenvalue weighted by Gasteiger charge is -2.32. The number of anilines is 2. The van der Waals surface area contributed by atoms with Gasteiger partial charge >= 0.3 is 13.1 Å². The summed E-state index contributed by atoms with van der Waals surface area (Å²) in [5.41, 5.74) is 26.8. The van der Waals surface area contributed by atoms with Gasteiger partial charge in [0.15, 0.2) is 0 Å². The van der Waals surface area contributed by atoms with Crippen LogP contribution in [0.25, 0.3) is 45.5 Å². The lowest BCUT2D eigenvalue weighted by molar-refractivity contribution is -0.131. The SMILES string of the molecule is CCCOc1ccc(-c2ccc(C(=O)N3CCN(C)CC3)cc2)cc1Cl.CCCOc1ccc(Br)cc1Cl.CN1CCN(C(=O)c2ccc(-c3ccc(OCCN)c(Cl)c3)cc2)CC1.CN1CCN(C(=O)c2ccc(-c3ccc(OCCNC(=O)/C=C/c4ccc(N)nc4)c(Cl)c3)cc2)CC1.CN1CCN(C(=O)c2ccc(B3OC(C)(C)C(C)(C)O3)cc2)CC1.ClCCl.Nc1ccc(/C=C/C(=O)O)cn1. The van der Waals surface area contributed by atoms with Gasteiger partial charge in [-0.3, -0.25) is 24.0 Å². The van der Waals surface area contributed by atoms with E-state index in [0.29, 0.717) is 98.6 Å². The minimum atomic E-state index is -0.980. The molecular weight excluding hydrogens is 1970 g/mol. The van der Waals surface area contributed by atoms with Gasteiger partial charge in [0, 0.05) is 163 Å². The number of carboxylic acid groups (broad SMARTS) is 1. The number of alkyl halides is 2. The highest BCUT2D eigenvalue weighted by Gasteiger charge is 2.52. The quantitative estimate of drug-likeness (QED) is 0.0154. The van der Waals surface area contributed by atoms with E-state index in [1.807, 2.05) is 211 Å². The van der Waals surface area contributed by atoms with Gasteiger partial charge in [-0.25, -0.2) is 14.8 Å². The van der Waals surface area contributed by atoms with Crippen LogP contribution in [0, 0.1) is 0 Å². The molecule has 0 radical (unpaired) electrons. The number of carbonyl (C=O) groups is 6. The van der Waals surface area contributed by atoms with Crippen molar-refractivity contribution in [2.24, 2.45) is 5.73 Å². The first-order chi connectivity index (χ1) is 67.1. The van der Waals surface area contributed by atoms with Crippen molar-refractivity contribution in [2.75, 3.05) is 189 Å². The topological polar surface area (TPSA) is 320 Å². The number of rotatable bonds is 25. The molecule has 2 aromatic heterocycles. The summed E-state index contributed by atoms with van der Waals surface area (Å²) in [7, 11) is 7.93. The third-order valence-electron chi connectivity index (χ3n) is 23.4. The molecule has 5 saturated heterocycles. The van der Waals surface area contributed by atoms with Crippen molar-refractivity contribution in [1.82, 2.24) is 54.5 Å². The first kappa shape index (κ1) is 113. The fourth-order valence-corrected chi connectivity index (χ4v) is 15.7. The molecule has 0 unspecified atom stereocenters. The Balaban J connectivity index is 0.000000193. The van der Waals surface area contributed by atoms with Crippen LogP contribution in [0.4, 0.5) is 11.6 Å². The molecule has 0 bridgehead atoms. The van der Waals surface area contributed by atoms with E-state index in [2.05, 4.69) is 92.9 Å². The maximum atomic E-state index is 12.8. The van der Waals surface area contributed by atoms with Crippen LogP contribution in [0.15, 0.2) is 223 Å². The van der Waals surface area contributed by atoms with Gasteiger partial charge in [0.2, 0.25) is 5.91 Å². The van der Waals surface area contributed by atoms with Crippen LogP contribution in [0.5, 0.6) is 23.0 Å². The maximum absolute atomic E-state index is 12.8. The number of carbonyl (C=O) groups excluding carboxylic acids is 5. The molecule has 7 heterocycles. The number of hydrogen-bond donors (Lipinski definition) is 5. The fraction of sp³-hybridized carbons (Fsp3) is 0.352. The number of amides is 5. The van der Waals surface area contributed by atoms with Gasteiger partial charge < -0.3 is 95.1 Å². The molecule has 5 fully saturated rings. The zero-order valence-electron chi connectivity index (χ0n) is 80.9. The number of carboxylic acids is 1. The third-order valence-corrected chi connectivity index (χ3v) is 25.0. The Bertz CT molecular complexity index is 5530. The molecule has 27 nitrogen and oxygen atoms in total. The van der Waals surface area contributed by atoms with Gasteiger partial charge in [0.1, 0.15) is 47.8 Å². The molecule has 746 valence electrons. The molecule has 0 atom stereocenters. The Labute approximate surface area is 861 Å². The van der Waals surface area contributed by atoms with E-state index < -0.39 is 5.97 Å². The van der Waals surface area contributed by atoms with Gasteiger partial charge in [0.05, 0.1) is 56.4 Å². The zero-order chi connectivity index (χ0) is 101. The fourth-order valence-electron chi connectivity index (χ4n) is 14.3. The highest BCUT2D eigenvalue weighted by atomic mass is 79.9. The Kier molecular flexibility index (Phi) is 46.2. The number of nitrogens with two attached hydrogens (primary N) is 3. The summed E-state index contributed by atoms with van der Waals surface area (Å²) in [5, 5.41) is 13.5. The minimum absolute atomic E-state index is 0.0614. The second-order valence-corrected chi connectivity index (χ2v) is 37.8. The van der Waals surface area contributed by atoms with E-state index in [1.165, 1.54) is 18.3 Å². The van der Waals surface area contributed by atoms with Crippen molar-refractivity contribution in [3.8, 4) is 56.4 Å². The van der Waals surface area contributed by atoms with E-state index >= 15 is 0 Å². The van der Waals surface area contributed by atoms with Gasteiger partial charge in [-0.15, -0.1) is 23.2 Å². The predicted molar refractivity (Wildman–Crippen MR) is 570 cm³/mol. The smallest absolute Gasteiger partial charge is 0.492 e. The molecule has 0 spiro atoms. The predicted octanol–water partition coefficient (Wildman–Crippen LogP) is 17.9. The summed E-state index contributed by atoms with van der Waals surface area (Å²) in [6.07, 6.45) is 10.6. The number of likely N-dealkylation sites (N-methyl/N-ethyl adjacent to an activating group) is 4. The van der Waals surface area contributed by atoms with E-state index in [-0.39, 0.29) is 59.8 Å². The summed E-state index contributed by atoms with van der Waals surface area (Å²) in [5.74, 6) is 2.60. The average Bonchev–Trinajstić information content (AvgIpc) is 1.62. The molecular formula is C105H126BBrCl6N14O13. The molecule has 140 heavy (non-hydrogen) atoms. The number of nitrogens with one attached hydrogen (secondary N) is 1. The lowest BCUT2D eigenvalue weighted by Crippen LogP contribution is -2.47. The maximum Gasteiger partial charge on any atom is 0.494 e. The first-order valence-corrected chi connectivity index (χ1v) is 49.6. The molecule has 8 N–H and O–H groups in total. The number of piperazine rings is 4. The molecule has 10 aromatic rings. The second kappa shape index (κ2) is 57.3. The van der Waals surface area contributed by atoms with E-state index in [0.717, 1.165) is 189 Å². The standard InChI is InChI=1S/C28H30ClN5O3.C21H25ClN2O2.C20H24ClN3O2.C18H27BN2O3.C9H10BrClO.C8H8N2O2.CH2Cl2/c1-33-13-15-34(16-14-33)28(36)22-6-4-21(5-7-22)23-8-9-25(24(29)18-23)37-17-12-31-27(35)11-3-20-2-10-26(30)32-19-20;1-3-14-26-20-9-8-18(15-19(20)22)16-4-6-17(7-5-16)21(25)24-12-10-23(2)11-13-24;1-23-9-11-24(12-10-23)20(25)16-4-2-15(3-5-16)17-6-7-19(18(21)14-17)26-13-8-22;1-17(2)18(3,4)24-19(23-17)15-8-6-14(7-9-15)16(22)21-12-10-20(5)11-13-21;1-2-5-12-9-4-3-7(10)6-8(9)11;9-7-3-1-6(5-10-7)2-4-8(11)12;2-1-3/h2-11,18-19H,12-17H2,1H3,(H2,30,32)(H,31,35);4-9,15H,3,10-14H2,1-2H3;2-7,14H,8-13,22H2,1H3;6-9H,10-13H2,1-5H3;3-4,6H,2,5H2,1H3;1-5H,(H2,9,10)(H,11,12);1H2/b11-3+;;;;;4-2+;. The van der Waals surface area contributed by atoms with Gasteiger partial charge in [-0.2, -0.15) is 0 Å². The van der Waals surface area contributed by atoms with Crippen LogP contribution in [0.3, 0.4) is 0 Å². The highest BCUT2D eigenvalue weighted by molar-refractivity contribution is 9.10. The Morgan fingerprint density at radius 3 is 1.01 bits per heavy atom. The molecule has 35 heteroatoms. The second-order valence-electron chi connectivity index (χ2n) is 34.4. The summed E-state index contributed by atoms with van der Waals surface area (Å²) < 4.78 is 35.3. The number of aliphatic carboxylic acids is 1. The van der Waals surface area contributed by atoms with Crippen LogP contribution in [-0.2, 0) is 18.9 Å². The number of pyridine rings is 2. The number of ether oxygens (including phenoxy) is 4. The van der Waals surface area contributed by atoms with Crippen molar-refractivity contribution in [1.29, 1.82) is 0 Å². The zero-order valence-corrected chi connectivity index (χ0v) is 87.0. The molecule has 8 aromatic carbocycles. The first-order valence-electron chi connectivity index (χ1n) is 46.2. The number of nitrogens with zero attached hydrogens (tertiary/aromatic N) is 10. The molecule has 0 aliphatic carbocycles. The molecule has 5 aliphatic heterocycles. The Hall–Kier alpha value is -10.8. The molecule has 0 saturated carbocycles.